The van der Waals surface area contributed by atoms with Gasteiger partial charge in [-0.05, 0) is 49.1 Å². The van der Waals surface area contributed by atoms with Gasteiger partial charge in [0.05, 0.1) is 6.54 Å². The smallest absolute Gasteiger partial charge is 0.331 e. The van der Waals surface area contributed by atoms with Crippen LogP contribution >= 0.6 is 0 Å². The summed E-state index contributed by atoms with van der Waals surface area (Å²) in [6.45, 7) is 2.04. The van der Waals surface area contributed by atoms with Gasteiger partial charge in [-0.3, -0.25) is 19.8 Å². The fourth-order valence-electron chi connectivity index (χ4n) is 3.67. The zero-order valence-electron chi connectivity index (χ0n) is 15.9. The first-order chi connectivity index (χ1) is 13.9. The Labute approximate surface area is 167 Å². The van der Waals surface area contributed by atoms with E-state index in [2.05, 4.69) is 5.32 Å². The predicted octanol–water partition coefficient (Wildman–Crippen LogP) is 3.13. The molecule has 1 saturated heterocycles. The average molecular weight is 393 g/mol. The second kappa shape index (κ2) is 7.50. The fraction of sp³-hybridized carbons (Fsp3) is 0.227. The lowest BCUT2D eigenvalue weighted by Crippen LogP contribution is -2.54. The molecule has 1 atom stereocenters. The SMILES string of the molecule is C[C@H]1CCc2cc(F)ccc2N1/C=C1/C(=O)NC(=O)N(Cc2ccccc2)C1=O. The van der Waals surface area contributed by atoms with Gasteiger partial charge in [-0.15, -0.1) is 0 Å². The molecule has 4 amide bonds. The third-order valence-electron chi connectivity index (χ3n) is 5.26. The van der Waals surface area contributed by atoms with Gasteiger partial charge in [0.1, 0.15) is 11.4 Å². The van der Waals surface area contributed by atoms with Crippen molar-refractivity contribution < 1.29 is 18.8 Å². The van der Waals surface area contributed by atoms with Gasteiger partial charge < -0.3 is 4.90 Å². The summed E-state index contributed by atoms with van der Waals surface area (Å²) >= 11 is 0. The highest BCUT2D eigenvalue weighted by atomic mass is 19.1. The summed E-state index contributed by atoms with van der Waals surface area (Å²) < 4.78 is 13.6. The number of hydrogen-bond acceptors (Lipinski definition) is 4. The first kappa shape index (κ1) is 18.9. The molecule has 2 heterocycles. The van der Waals surface area contributed by atoms with E-state index in [1.54, 1.807) is 18.2 Å². The number of anilines is 1. The van der Waals surface area contributed by atoms with Crippen molar-refractivity contribution in [1.82, 2.24) is 10.2 Å². The lowest BCUT2D eigenvalue weighted by Gasteiger charge is -2.36. The minimum atomic E-state index is -0.741. The second-order valence-electron chi connectivity index (χ2n) is 7.25. The molecule has 6 nitrogen and oxygen atoms in total. The number of benzene rings is 2. The van der Waals surface area contributed by atoms with E-state index in [0.717, 1.165) is 28.1 Å². The third kappa shape index (κ3) is 3.63. The monoisotopic (exact) mass is 393 g/mol. The van der Waals surface area contributed by atoms with Crippen molar-refractivity contribution >= 4 is 23.5 Å². The van der Waals surface area contributed by atoms with Crippen LogP contribution in [0.15, 0.2) is 60.3 Å². The minimum absolute atomic E-state index is 0.0151. The zero-order chi connectivity index (χ0) is 20.5. The van der Waals surface area contributed by atoms with E-state index in [0.29, 0.717) is 6.42 Å². The Hall–Kier alpha value is -3.48. The number of rotatable bonds is 3. The van der Waals surface area contributed by atoms with Gasteiger partial charge in [0, 0.05) is 17.9 Å². The van der Waals surface area contributed by atoms with Crippen LogP contribution in [-0.2, 0) is 22.6 Å². The lowest BCUT2D eigenvalue weighted by molar-refractivity contribution is -0.130. The molecule has 0 aliphatic carbocycles. The van der Waals surface area contributed by atoms with Gasteiger partial charge in [0.15, 0.2) is 0 Å². The Bertz CT molecular complexity index is 1020. The largest absolute Gasteiger partial charge is 0.344 e. The number of nitrogens with zero attached hydrogens (tertiary/aromatic N) is 2. The summed E-state index contributed by atoms with van der Waals surface area (Å²) in [4.78, 5) is 40.5. The van der Waals surface area contributed by atoms with Crippen LogP contribution < -0.4 is 10.2 Å². The first-order valence-corrected chi connectivity index (χ1v) is 9.43. The standard InChI is InChI=1S/C22H20FN3O3/c1-14-7-8-16-11-17(23)9-10-19(16)25(14)13-18-20(27)24-22(29)26(21(18)28)12-15-5-3-2-4-6-15/h2-6,9-11,13-14H,7-8,12H2,1H3,(H,24,27,29)/b18-13-/t14-/m0/s1. The normalized spacial score (nSPS) is 20.7. The number of aryl methyl sites for hydroxylation is 1. The molecule has 2 aromatic carbocycles. The Morgan fingerprint density at radius 1 is 1.14 bits per heavy atom. The molecule has 0 bridgehead atoms. The number of imide groups is 2. The molecule has 2 aliphatic heterocycles. The van der Waals surface area contributed by atoms with Crippen LogP contribution in [0.1, 0.15) is 24.5 Å². The van der Waals surface area contributed by atoms with Gasteiger partial charge in [-0.25, -0.2) is 9.18 Å². The molecule has 2 aliphatic rings. The van der Waals surface area contributed by atoms with Crippen LogP contribution in [0.4, 0.5) is 14.9 Å². The summed E-state index contributed by atoms with van der Waals surface area (Å²) in [7, 11) is 0. The maximum absolute atomic E-state index is 13.6. The van der Waals surface area contributed by atoms with E-state index >= 15 is 0 Å². The summed E-state index contributed by atoms with van der Waals surface area (Å²) in [5, 5.41) is 2.24. The van der Waals surface area contributed by atoms with Crippen molar-refractivity contribution in [3.8, 4) is 0 Å². The van der Waals surface area contributed by atoms with Gasteiger partial charge in [0.25, 0.3) is 11.8 Å². The van der Waals surface area contributed by atoms with Gasteiger partial charge in [-0.2, -0.15) is 0 Å². The molecule has 4 rings (SSSR count). The van der Waals surface area contributed by atoms with E-state index in [9.17, 15) is 18.8 Å². The highest BCUT2D eigenvalue weighted by molar-refractivity contribution is 6.28. The highest BCUT2D eigenvalue weighted by Crippen LogP contribution is 2.32. The van der Waals surface area contributed by atoms with Gasteiger partial charge in [0.2, 0.25) is 0 Å². The fourth-order valence-corrected chi connectivity index (χ4v) is 3.67. The maximum Gasteiger partial charge on any atom is 0.331 e. The molecular formula is C22H20FN3O3. The molecule has 0 spiro atoms. The molecule has 0 saturated carbocycles. The average Bonchev–Trinajstić information content (AvgIpc) is 2.70. The number of carbonyl (C=O) groups excluding carboxylic acids is 3. The summed E-state index contributed by atoms with van der Waals surface area (Å²) in [5.41, 5.74) is 2.23. The summed E-state index contributed by atoms with van der Waals surface area (Å²) in [5.74, 6) is -1.70. The molecule has 29 heavy (non-hydrogen) atoms. The number of hydrogen-bond donors (Lipinski definition) is 1. The molecule has 0 aromatic heterocycles. The van der Waals surface area contributed by atoms with E-state index in [4.69, 9.17) is 0 Å². The van der Waals surface area contributed by atoms with Crippen LogP contribution in [0.2, 0.25) is 0 Å². The Morgan fingerprint density at radius 2 is 1.90 bits per heavy atom. The number of fused-ring (bicyclic) bond motifs is 1. The number of nitrogens with one attached hydrogen (secondary N) is 1. The van der Waals surface area contributed by atoms with E-state index in [-0.39, 0.29) is 24.0 Å². The molecule has 148 valence electrons. The van der Waals surface area contributed by atoms with Crippen LogP contribution in [0.3, 0.4) is 0 Å². The van der Waals surface area contributed by atoms with E-state index in [1.807, 2.05) is 30.0 Å². The maximum atomic E-state index is 13.6. The quantitative estimate of drug-likeness (QED) is 0.643. The Kier molecular flexibility index (Phi) is 4.88. The van der Waals surface area contributed by atoms with Crippen LogP contribution in [-0.4, -0.2) is 28.8 Å². The van der Waals surface area contributed by atoms with Crippen molar-refractivity contribution in [3.05, 3.63) is 77.2 Å². The molecule has 7 heteroatoms. The molecule has 0 unspecified atom stereocenters. The summed E-state index contributed by atoms with van der Waals surface area (Å²) in [6, 6.07) is 12.8. The Balaban J connectivity index is 1.68. The predicted molar refractivity (Wildman–Crippen MR) is 105 cm³/mol. The highest BCUT2D eigenvalue weighted by Gasteiger charge is 2.37. The molecule has 1 N–H and O–H groups in total. The van der Waals surface area contributed by atoms with Crippen molar-refractivity contribution in [2.45, 2.75) is 32.4 Å². The lowest BCUT2D eigenvalue weighted by atomic mass is 9.96. The van der Waals surface area contributed by atoms with Crippen molar-refractivity contribution in [1.29, 1.82) is 0 Å². The topological polar surface area (TPSA) is 69.7 Å². The number of amides is 4. The second-order valence-corrected chi connectivity index (χ2v) is 7.25. The van der Waals surface area contributed by atoms with Gasteiger partial charge >= 0.3 is 6.03 Å². The van der Waals surface area contributed by atoms with Crippen molar-refractivity contribution in [2.24, 2.45) is 0 Å². The molecule has 0 radical (unpaired) electrons. The minimum Gasteiger partial charge on any atom is -0.344 e. The number of barbiturate groups is 1. The van der Waals surface area contributed by atoms with Crippen molar-refractivity contribution in [2.75, 3.05) is 4.90 Å². The van der Waals surface area contributed by atoms with Crippen LogP contribution in [0, 0.1) is 5.82 Å². The number of halogens is 1. The van der Waals surface area contributed by atoms with Crippen LogP contribution in [0.5, 0.6) is 0 Å². The molecular weight excluding hydrogens is 373 g/mol. The number of urea groups is 1. The number of carbonyl (C=O) groups is 3. The van der Waals surface area contributed by atoms with Gasteiger partial charge in [-0.1, -0.05) is 30.3 Å². The summed E-state index contributed by atoms with van der Waals surface area (Å²) in [6.07, 6.45) is 2.94. The zero-order valence-corrected chi connectivity index (χ0v) is 15.9. The van der Waals surface area contributed by atoms with E-state index < -0.39 is 17.8 Å². The first-order valence-electron chi connectivity index (χ1n) is 9.43. The third-order valence-corrected chi connectivity index (χ3v) is 5.26. The van der Waals surface area contributed by atoms with E-state index in [1.165, 1.54) is 18.3 Å². The molecule has 2 aromatic rings. The Morgan fingerprint density at radius 3 is 2.66 bits per heavy atom. The van der Waals surface area contributed by atoms with Crippen LogP contribution in [0.25, 0.3) is 0 Å². The molecule has 1 fully saturated rings. The van der Waals surface area contributed by atoms with Crippen molar-refractivity contribution in [3.63, 3.8) is 0 Å².